The van der Waals surface area contributed by atoms with Crippen LogP contribution in [-0.4, -0.2) is 39.5 Å². The van der Waals surface area contributed by atoms with E-state index in [4.69, 9.17) is 16.3 Å². The standard InChI is InChI=1S/C9H19ClO3S/c1-9(3-5-10)4-7-14(11,12)8-6-13-2/h9H,3-8H2,1-2H3. The number of methoxy groups -OCH3 is 1. The molecule has 0 aliphatic heterocycles. The van der Waals surface area contributed by atoms with E-state index in [1.165, 1.54) is 7.11 Å². The second-order valence-corrected chi connectivity index (χ2v) is 6.20. The van der Waals surface area contributed by atoms with Gasteiger partial charge in [-0.1, -0.05) is 6.92 Å². The second-order valence-electron chi connectivity index (χ2n) is 3.52. The van der Waals surface area contributed by atoms with Crippen molar-refractivity contribution in [3.63, 3.8) is 0 Å². The monoisotopic (exact) mass is 242 g/mol. The Bertz CT molecular complexity index is 226. The first-order chi connectivity index (χ1) is 6.52. The van der Waals surface area contributed by atoms with Gasteiger partial charge in [0.2, 0.25) is 0 Å². The van der Waals surface area contributed by atoms with Crippen LogP contribution in [0.3, 0.4) is 0 Å². The van der Waals surface area contributed by atoms with Crippen molar-refractivity contribution in [3.8, 4) is 0 Å². The molecule has 5 heteroatoms. The summed E-state index contributed by atoms with van der Waals surface area (Å²) in [7, 11) is -1.42. The lowest BCUT2D eigenvalue weighted by molar-refractivity contribution is 0.217. The van der Waals surface area contributed by atoms with Crippen LogP contribution in [0.2, 0.25) is 0 Å². The molecule has 0 bridgehead atoms. The van der Waals surface area contributed by atoms with Gasteiger partial charge in [-0.25, -0.2) is 8.42 Å². The lowest BCUT2D eigenvalue weighted by Gasteiger charge is -2.09. The van der Waals surface area contributed by atoms with Gasteiger partial charge in [0.05, 0.1) is 18.1 Å². The van der Waals surface area contributed by atoms with E-state index in [0.717, 1.165) is 6.42 Å². The Kier molecular flexibility index (Phi) is 7.59. The van der Waals surface area contributed by atoms with E-state index in [1.54, 1.807) is 0 Å². The molecule has 0 fully saturated rings. The summed E-state index contributed by atoms with van der Waals surface area (Å²) in [5.74, 6) is 1.34. The molecular formula is C9H19ClO3S. The summed E-state index contributed by atoms with van der Waals surface area (Å²) in [6.07, 6.45) is 1.57. The third-order valence-electron chi connectivity index (χ3n) is 2.12. The fourth-order valence-corrected chi connectivity index (χ4v) is 2.78. The number of alkyl halides is 1. The molecule has 0 heterocycles. The molecule has 0 saturated carbocycles. The fourth-order valence-electron chi connectivity index (χ4n) is 1.02. The Morgan fingerprint density at radius 1 is 1.29 bits per heavy atom. The molecule has 0 rings (SSSR count). The second kappa shape index (κ2) is 7.49. The first-order valence-electron chi connectivity index (χ1n) is 4.77. The zero-order valence-corrected chi connectivity index (χ0v) is 10.4. The minimum atomic E-state index is -2.93. The van der Waals surface area contributed by atoms with Crippen molar-refractivity contribution in [2.45, 2.75) is 19.8 Å². The lowest BCUT2D eigenvalue weighted by Crippen LogP contribution is -2.16. The highest BCUT2D eigenvalue weighted by molar-refractivity contribution is 7.91. The van der Waals surface area contributed by atoms with Gasteiger partial charge in [-0.05, 0) is 18.8 Å². The van der Waals surface area contributed by atoms with Crippen LogP contribution in [-0.2, 0) is 14.6 Å². The van der Waals surface area contributed by atoms with Crippen molar-refractivity contribution < 1.29 is 13.2 Å². The van der Waals surface area contributed by atoms with Gasteiger partial charge in [-0.3, -0.25) is 0 Å². The first-order valence-corrected chi connectivity index (χ1v) is 7.12. The zero-order chi connectivity index (χ0) is 11.0. The van der Waals surface area contributed by atoms with Crippen LogP contribution in [0, 0.1) is 5.92 Å². The number of halogens is 1. The largest absolute Gasteiger partial charge is 0.384 e. The maximum atomic E-state index is 11.4. The smallest absolute Gasteiger partial charge is 0.152 e. The van der Waals surface area contributed by atoms with Crippen LogP contribution in [0.5, 0.6) is 0 Å². The summed E-state index contributed by atoms with van der Waals surface area (Å²) in [4.78, 5) is 0. The predicted molar refractivity (Wildman–Crippen MR) is 59.6 cm³/mol. The molecule has 0 spiro atoms. The van der Waals surface area contributed by atoms with Crippen molar-refractivity contribution in [2.24, 2.45) is 5.92 Å². The average molecular weight is 243 g/mol. The van der Waals surface area contributed by atoms with Gasteiger partial charge >= 0.3 is 0 Å². The molecule has 0 aromatic carbocycles. The van der Waals surface area contributed by atoms with E-state index in [0.29, 0.717) is 18.2 Å². The Morgan fingerprint density at radius 3 is 2.43 bits per heavy atom. The van der Waals surface area contributed by atoms with E-state index < -0.39 is 9.84 Å². The Balaban J connectivity index is 3.75. The van der Waals surface area contributed by atoms with Gasteiger partial charge in [0.25, 0.3) is 0 Å². The molecule has 0 saturated heterocycles. The predicted octanol–water partition coefficient (Wildman–Crippen LogP) is 1.70. The van der Waals surface area contributed by atoms with Gasteiger partial charge in [0.1, 0.15) is 0 Å². The molecule has 0 aliphatic rings. The van der Waals surface area contributed by atoms with Crippen molar-refractivity contribution in [2.75, 3.05) is 31.1 Å². The Morgan fingerprint density at radius 2 is 1.93 bits per heavy atom. The molecular weight excluding hydrogens is 224 g/mol. The van der Waals surface area contributed by atoms with E-state index in [9.17, 15) is 8.42 Å². The molecule has 1 unspecified atom stereocenters. The quantitative estimate of drug-likeness (QED) is 0.609. The maximum Gasteiger partial charge on any atom is 0.152 e. The molecule has 1 atom stereocenters. The number of rotatable bonds is 8. The van der Waals surface area contributed by atoms with Gasteiger partial charge in [0, 0.05) is 13.0 Å². The van der Waals surface area contributed by atoms with E-state index in [2.05, 4.69) is 0 Å². The summed E-state index contributed by atoms with van der Waals surface area (Å²) in [6.45, 7) is 2.31. The SMILES string of the molecule is COCCS(=O)(=O)CCC(C)CCCl. The molecule has 0 radical (unpaired) electrons. The molecule has 0 aromatic heterocycles. The molecule has 0 aliphatic carbocycles. The summed E-state index contributed by atoms with van der Waals surface area (Å²) < 4.78 is 27.5. The number of sulfone groups is 1. The molecule has 86 valence electrons. The zero-order valence-electron chi connectivity index (χ0n) is 8.83. The van der Waals surface area contributed by atoms with Crippen LogP contribution in [0.15, 0.2) is 0 Å². The van der Waals surface area contributed by atoms with Crippen molar-refractivity contribution in [1.29, 1.82) is 0 Å². The summed E-state index contributed by atoms with van der Waals surface area (Å²) in [5.41, 5.74) is 0. The van der Waals surface area contributed by atoms with Crippen LogP contribution in [0.4, 0.5) is 0 Å². The molecule has 0 amide bonds. The topological polar surface area (TPSA) is 43.4 Å². The number of hydrogen-bond donors (Lipinski definition) is 0. The molecule has 3 nitrogen and oxygen atoms in total. The van der Waals surface area contributed by atoms with E-state index in [1.807, 2.05) is 6.92 Å². The third-order valence-corrected chi connectivity index (χ3v) is 3.99. The fraction of sp³-hybridized carbons (Fsp3) is 1.00. The maximum absolute atomic E-state index is 11.4. The van der Waals surface area contributed by atoms with Gasteiger partial charge < -0.3 is 4.74 Å². The highest BCUT2D eigenvalue weighted by atomic mass is 35.5. The first kappa shape index (κ1) is 14.2. The van der Waals surface area contributed by atoms with Crippen molar-refractivity contribution in [3.05, 3.63) is 0 Å². The summed E-state index contributed by atoms with van der Waals surface area (Å²) >= 11 is 5.56. The summed E-state index contributed by atoms with van der Waals surface area (Å²) in [5, 5.41) is 0. The van der Waals surface area contributed by atoms with Crippen molar-refractivity contribution in [1.82, 2.24) is 0 Å². The highest BCUT2D eigenvalue weighted by Crippen LogP contribution is 2.10. The Hall–Kier alpha value is 0.200. The third kappa shape index (κ3) is 7.59. The highest BCUT2D eigenvalue weighted by Gasteiger charge is 2.12. The molecule has 0 aromatic rings. The molecule has 0 N–H and O–H groups in total. The van der Waals surface area contributed by atoms with Gasteiger partial charge in [0.15, 0.2) is 9.84 Å². The van der Waals surface area contributed by atoms with Crippen LogP contribution >= 0.6 is 11.6 Å². The molecule has 14 heavy (non-hydrogen) atoms. The minimum absolute atomic E-state index is 0.122. The minimum Gasteiger partial charge on any atom is -0.384 e. The van der Waals surface area contributed by atoms with E-state index in [-0.39, 0.29) is 18.1 Å². The van der Waals surface area contributed by atoms with E-state index >= 15 is 0 Å². The van der Waals surface area contributed by atoms with Crippen LogP contribution < -0.4 is 0 Å². The van der Waals surface area contributed by atoms with Gasteiger partial charge in [-0.15, -0.1) is 11.6 Å². The summed E-state index contributed by atoms with van der Waals surface area (Å²) in [6, 6.07) is 0. The average Bonchev–Trinajstić information content (AvgIpc) is 2.13. The number of hydrogen-bond acceptors (Lipinski definition) is 3. The van der Waals surface area contributed by atoms with Crippen LogP contribution in [0.1, 0.15) is 19.8 Å². The normalized spacial score (nSPS) is 14.2. The van der Waals surface area contributed by atoms with Crippen molar-refractivity contribution >= 4 is 21.4 Å². The Labute approximate surface area is 91.7 Å². The van der Waals surface area contributed by atoms with Gasteiger partial charge in [-0.2, -0.15) is 0 Å². The number of ether oxygens (including phenoxy) is 1. The van der Waals surface area contributed by atoms with Crippen LogP contribution in [0.25, 0.3) is 0 Å². The lowest BCUT2D eigenvalue weighted by atomic mass is 10.1.